The van der Waals surface area contributed by atoms with Crippen molar-refractivity contribution in [2.24, 2.45) is 0 Å². The zero-order valence-corrected chi connectivity index (χ0v) is 11.0. The highest BCUT2D eigenvalue weighted by Crippen LogP contribution is 2.13. The van der Waals surface area contributed by atoms with Gasteiger partial charge in [0.05, 0.1) is 19.8 Å². The molecule has 0 aliphatic heterocycles. The topological polar surface area (TPSA) is 50.7 Å². The van der Waals surface area contributed by atoms with E-state index in [1.165, 1.54) is 5.56 Å². The van der Waals surface area contributed by atoms with Gasteiger partial charge in [0, 0.05) is 13.1 Å². The molecule has 1 aromatic carbocycles. The van der Waals surface area contributed by atoms with Crippen molar-refractivity contribution in [1.82, 2.24) is 5.32 Å². The molecule has 0 aliphatic carbocycles. The molecule has 1 aromatic rings. The van der Waals surface area contributed by atoms with E-state index in [-0.39, 0.29) is 6.61 Å². The summed E-state index contributed by atoms with van der Waals surface area (Å²) in [7, 11) is 0. The van der Waals surface area contributed by atoms with Crippen LogP contribution in [-0.4, -0.2) is 44.6 Å². The lowest BCUT2D eigenvalue weighted by Gasteiger charge is -2.08. The van der Waals surface area contributed by atoms with Gasteiger partial charge in [-0.15, -0.1) is 0 Å². The van der Waals surface area contributed by atoms with E-state index in [0.29, 0.717) is 26.4 Å². The molecular weight excluding hydrogens is 230 g/mol. The van der Waals surface area contributed by atoms with Gasteiger partial charge < -0.3 is 19.9 Å². The van der Waals surface area contributed by atoms with E-state index in [2.05, 4.69) is 24.4 Å². The summed E-state index contributed by atoms with van der Waals surface area (Å²) in [5.74, 6) is 0.899. The lowest BCUT2D eigenvalue weighted by Crippen LogP contribution is -2.23. The maximum Gasteiger partial charge on any atom is 0.119 e. The Morgan fingerprint density at radius 2 is 2.06 bits per heavy atom. The van der Waals surface area contributed by atoms with Crippen LogP contribution in [-0.2, 0) is 11.2 Å². The van der Waals surface area contributed by atoms with Crippen LogP contribution in [0.5, 0.6) is 5.75 Å². The summed E-state index contributed by atoms with van der Waals surface area (Å²) in [5, 5.41) is 11.6. The van der Waals surface area contributed by atoms with Gasteiger partial charge in [-0.25, -0.2) is 0 Å². The first-order valence-electron chi connectivity index (χ1n) is 6.48. The molecule has 4 heteroatoms. The Hall–Kier alpha value is -1.10. The van der Waals surface area contributed by atoms with Crippen LogP contribution in [0.2, 0.25) is 0 Å². The Morgan fingerprint density at radius 3 is 2.83 bits per heavy atom. The normalized spacial score (nSPS) is 10.6. The number of aliphatic hydroxyl groups is 1. The van der Waals surface area contributed by atoms with Gasteiger partial charge in [0.2, 0.25) is 0 Å². The standard InChI is InChI=1S/C14H23NO3/c1-2-13-4-3-5-14(12-13)18-11-10-17-9-7-15-6-8-16/h3-5,12,15-16H,2,6-11H2,1H3. The van der Waals surface area contributed by atoms with Crippen LogP contribution in [0.4, 0.5) is 0 Å². The molecule has 0 spiro atoms. The molecule has 1 rings (SSSR count). The number of hydrogen-bond acceptors (Lipinski definition) is 4. The van der Waals surface area contributed by atoms with Crippen molar-refractivity contribution in [3.63, 3.8) is 0 Å². The van der Waals surface area contributed by atoms with Gasteiger partial charge in [-0.3, -0.25) is 0 Å². The molecule has 0 saturated heterocycles. The number of hydrogen-bond donors (Lipinski definition) is 2. The molecule has 0 aromatic heterocycles. The van der Waals surface area contributed by atoms with E-state index < -0.39 is 0 Å². The van der Waals surface area contributed by atoms with Gasteiger partial charge in [-0.2, -0.15) is 0 Å². The molecule has 102 valence electrons. The Bertz CT molecular complexity index is 318. The molecule has 18 heavy (non-hydrogen) atoms. The minimum atomic E-state index is 0.164. The fourth-order valence-corrected chi connectivity index (χ4v) is 1.52. The molecule has 0 amide bonds. The van der Waals surface area contributed by atoms with Crippen LogP contribution in [0.1, 0.15) is 12.5 Å². The predicted octanol–water partition coefficient (Wildman–Crippen LogP) is 1.23. The lowest BCUT2D eigenvalue weighted by atomic mass is 10.2. The van der Waals surface area contributed by atoms with E-state index in [1.807, 2.05) is 12.1 Å². The van der Waals surface area contributed by atoms with Crippen molar-refractivity contribution < 1.29 is 14.6 Å². The van der Waals surface area contributed by atoms with Gasteiger partial charge >= 0.3 is 0 Å². The molecule has 0 bridgehead atoms. The molecule has 0 atom stereocenters. The van der Waals surface area contributed by atoms with Crippen molar-refractivity contribution in [3.05, 3.63) is 29.8 Å². The molecule has 0 unspecified atom stereocenters. The van der Waals surface area contributed by atoms with E-state index >= 15 is 0 Å². The minimum absolute atomic E-state index is 0.164. The van der Waals surface area contributed by atoms with Gasteiger partial charge in [-0.1, -0.05) is 19.1 Å². The number of aryl methyl sites for hydroxylation is 1. The summed E-state index contributed by atoms with van der Waals surface area (Å²) in [5.41, 5.74) is 1.28. The fourth-order valence-electron chi connectivity index (χ4n) is 1.52. The first-order chi connectivity index (χ1) is 8.86. The number of rotatable bonds is 10. The van der Waals surface area contributed by atoms with Crippen LogP contribution >= 0.6 is 0 Å². The Balaban J connectivity index is 2.03. The lowest BCUT2D eigenvalue weighted by molar-refractivity contribution is 0.101. The first-order valence-corrected chi connectivity index (χ1v) is 6.48. The maximum atomic E-state index is 8.55. The van der Waals surface area contributed by atoms with Crippen LogP contribution in [0.25, 0.3) is 0 Å². The van der Waals surface area contributed by atoms with Crippen LogP contribution in [0.3, 0.4) is 0 Å². The molecule has 0 fully saturated rings. The summed E-state index contributed by atoms with van der Waals surface area (Å²) in [6.07, 6.45) is 1.02. The second kappa shape index (κ2) is 9.88. The monoisotopic (exact) mass is 253 g/mol. The van der Waals surface area contributed by atoms with E-state index in [4.69, 9.17) is 14.6 Å². The summed E-state index contributed by atoms with van der Waals surface area (Å²) in [4.78, 5) is 0. The van der Waals surface area contributed by atoms with Crippen molar-refractivity contribution in [1.29, 1.82) is 0 Å². The Kier molecular flexibility index (Phi) is 8.21. The van der Waals surface area contributed by atoms with Crippen molar-refractivity contribution in [2.45, 2.75) is 13.3 Å². The largest absolute Gasteiger partial charge is 0.491 e. The third kappa shape index (κ3) is 6.59. The third-order valence-corrected chi connectivity index (χ3v) is 2.51. The number of benzene rings is 1. The predicted molar refractivity (Wildman–Crippen MR) is 72.1 cm³/mol. The summed E-state index contributed by atoms with van der Waals surface area (Å²) in [6, 6.07) is 8.12. The summed E-state index contributed by atoms with van der Waals surface area (Å²) >= 11 is 0. The van der Waals surface area contributed by atoms with E-state index in [0.717, 1.165) is 18.7 Å². The number of ether oxygens (including phenoxy) is 2. The van der Waals surface area contributed by atoms with Crippen molar-refractivity contribution in [2.75, 3.05) is 39.5 Å². The van der Waals surface area contributed by atoms with Crippen molar-refractivity contribution >= 4 is 0 Å². The summed E-state index contributed by atoms with van der Waals surface area (Å²) in [6.45, 7) is 5.44. The van der Waals surface area contributed by atoms with Crippen LogP contribution in [0.15, 0.2) is 24.3 Å². The number of aliphatic hydroxyl groups excluding tert-OH is 1. The van der Waals surface area contributed by atoms with Gasteiger partial charge in [-0.05, 0) is 24.1 Å². The second-order valence-electron chi connectivity index (χ2n) is 3.94. The molecular formula is C14H23NO3. The Labute approximate surface area is 109 Å². The average molecular weight is 253 g/mol. The molecule has 4 nitrogen and oxygen atoms in total. The maximum absolute atomic E-state index is 8.55. The second-order valence-corrected chi connectivity index (χ2v) is 3.94. The minimum Gasteiger partial charge on any atom is -0.491 e. The van der Waals surface area contributed by atoms with Crippen LogP contribution in [0, 0.1) is 0 Å². The Morgan fingerprint density at radius 1 is 1.17 bits per heavy atom. The fraction of sp³-hybridized carbons (Fsp3) is 0.571. The SMILES string of the molecule is CCc1cccc(OCCOCCNCCO)c1. The molecule has 0 heterocycles. The quantitative estimate of drug-likeness (QED) is 0.616. The highest BCUT2D eigenvalue weighted by atomic mass is 16.5. The molecule has 0 saturated carbocycles. The van der Waals surface area contributed by atoms with Crippen molar-refractivity contribution in [3.8, 4) is 5.75 Å². The summed E-state index contributed by atoms with van der Waals surface area (Å²) < 4.78 is 11.0. The molecule has 2 N–H and O–H groups in total. The average Bonchev–Trinajstić information content (AvgIpc) is 2.42. The number of nitrogens with one attached hydrogen (secondary N) is 1. The first kappa shape index (κ1) is 15.0. The smallest absolute Gasteiger partial charge is 0.119 e. The van der Waals surface area contributed by atoms with E-state index in [9.17, 15) is 0 Å². The van der Waals surface area contributed by atoms with Gasteiger partial charge in [0.1, 0.15) is 12.4 Å². The van der Waals surface area contributed by atoms with Gasteiger partial charge in [0.15, 0.2) is 0 Å². The van der Waals surface area contributed by atoms with E-state index in [1.54, 1.807) is 0 Å². The highest BCUT2D eigenvalue weighted by Gasteiger charge is 1.95. The molecule has 0 aliphatic rings. The van der Waals surface area contributed by atoms with Gasteiger partial charge in [0.25, 0.3) is 0 Å². The highest BCUT2D eigenvalue weighted by molar-refractivity contribution is 5.28. The zero-order valence-electron chi connectivity index (χ0n) is 11.0. The third-order valence-electron chi connectivity index (χ3n) is 2.51. The molecule has 0 radical (unpaired) electrons. The van der Waals surface area contributed by atoms with Crippen LogP contribution < -0.4 is 10.1 Å². The zero-order chi connectivity index (χ0) is 13.1.